The maximum absolute atomic E-state index is 9.36. The number of aliphatic hydroxyl groups excluding tert-OH is 6. The average molecular weight is 340 g/mol. The summed E-state index contributed by atoms with van der Waals surface area (Å²) in [6.07, 6.45) is -4.79. The van der Waals surface area contributed by atoms with Crippen molar-refractivity contribution in [2.45, 2.75) is 62.7 Å². The molecule has 2 rings (SSSR count). The normalized spacial score (nSPS) is 41.1. The van der Waals surface area contributed by atoms with Crippen LogP contribution in [0.3, 0.4) is 0 Å². The molecule has 0 amide bonds. The molecule has 9 heteroatoms. The summed E-state index contributed by atoms with van der Waals surface area (Å²) < 4.78 is 15.3. The first-order valence-electron chi connectivity index (χ1n) is 7.77. The smallest absolute Gasteiger partial charge is 0.160 e. The standard InChI is InChI=1S/C8H16O5.C6H12O4/c1-2-12-7-3-5(10)8(11)6(4-9)13-7;7-3-5-6(9)4(8)1-2-10-5/h5-11H,2-4H2,1H3;4-9H,1-3H2/t5-,6?,7+,8+;4?,5-,6?/m11/s1. The molecule has 0 saturated carbocycles. The van der Waals surface area contributed by atoms with Crippen LogP contribution in [0, 0.1) is 0 Å². The highest BCUT2D eigenvalue weighted by molar-refractivity contribution is 4.82. The van der Waals surface area contributed by atoms with Gasteiger partial charge in [-0.3, -0.25) is 0 Å². The number of hydrogen-bond donors (Lipinski definition) is 6. The molecule has 3 unspecified atom stereocenters. The van der Waals surface area contributed by atoms with Crippen molar-refractivity contribution in [2.24, 2.45) is 0 Å². The Bertz CT molecular complexity index is 317. The van der Waals surface area contributed by atoms with E-state index in [1.807, 2.05) is 6.92 Å². The molecule has 2 heterocycles. The van der Waals surface area contributed by atoms with E-state index in [2.05, 4.69) is 0 Å². The third kappa shape index (κ3) is 6.22. The van der Waals surface area contributed by atoms with Crippen molar-refractivity contribution in [3.63, 3.8) is 0 Å². The lowest BCUT2D eigenvalue weighted by Gasteiger charge is -2.35. The van der Waals surface area contributed by atoms with Crippen LogP contribution in [-0.4, -0.2) is 100.0 Å². The zero-order valence-corrected chi connectivity index (χ0v) is 13.2. The molecule has 2 aliphatic rings. The van der Waals surface area contributed by atoms with Crippen LogP contribution in [-0.2, 0) is 14.2 Å². The first kappa shape index (κ1) is 20.7. The van der Waals surface area contributed by atoms with Crippen LogP contribution in [0.1, 0.15) is 19.8 Å². The van der Waals surface area contributed by atoms with E-state index in [1.165, 1.54) is 0 Å². The van der Waals surface area contributed by atoms with Gasteiger partial charge in [-0.2, -0.15) is 0 Å². The van der Waals surface area contributed by atoms with Gasteiger partial charge < -0.3 is 44.8 Å². The van der Waals surface area contributed by atoms with Gasteiger partial charge >= 0.3 is 0 Å². The number of rotatable bonds is 4. The van der Waals surface area contributed by atoms with Crippen LogP contribution in [0.15, 0.2) is 0 Å². The van der Waals surface area contributed by atoms with Gasteiger partial charge in [-0.1, -0.05) is 0 Å². The van der Waals surface area contributed by atoms with Crippen LogP contribution in [0.4, 0.5) is 0 Å². The fourth-order valence-electron chi connectivity index (χ4n) is 2.38. The summed E-state index contributed by atoms with van der Waals surface area (Å²) in [4.78, 5) is 0. The summed E-state index contributed by atoms with van der Waals surface area (Å²) in [5.41, 5.74) is 0. The van der Waals surface area contributed by atoms with Crippen molar-refractivity contribution < 1.29 is 44.8 Å². The molecule has 0 aliphatic carbocycles. The molecule has 7 atom stereocenters. The molecular formula is C14H28O9. The molecule has 23 heavy (non-hydrogen) atoms. The quantitative estimate of drug-likeness (QED) is 0.322. The molecule has 0 radical (unpaired) electrons. The SMILES string of the molecule is CCO[C@@H]1C[C@@H](O)[C@H](O)C(CO)O1.OC[C@H]1OCCC(O)C1O. The molecule has 0 aromatic rings. The molecule has 0 spiro atoms. The van der Waals surface area contributed by atoms with Crippen LogP contribution in [0.5, 0.6) is 0 Å². The van der Waals surface area contributed by atoms with E-state index in [9.17, 15) is 10.2 Å². The highest BCUT2D eigenvalue weighted by Crippen LogP contribution is 2.20. The van der Waals surface area contributed by atoms with Gasteiger partial charge in [0, 0.05) is 19.6 Å². The topological polar surface area (TPSA) is 149 Å². The van der Waals surface area contributed by atoms with E-state index in [4.69, 9.17) is 34.6 Å². The highest BCUT2D eigenvalue weighted by Gasteiger charge is 2.36. The van der Waals surface area contributed by atoms with Gasteiger partial charge in [0.25, 0.3) is 0 Å². The van der Waals surface area contributed by atoms with Gasteiger partial charge in [0.15, 0.2) is 6.29 Å². The van der Waals surface area contributed by atoms with Gasteiger partial charge in [-0.15, -0.1) is 0 Å². The summed E-state index contributed by atoms with van der Waals surface area (Å²) in [7, 11) is 0. The second-order valence-electron chi connectivity index (χ2n) is 5.47. The Balaban J connectivity index is 0.000000238. The minimum atomic E-state index is -1.03. The lowest BCUT2D eigenvalue weighted by molar-refractivity contribution is -0.255. The molecule has 0 bridgehead atoms. The van der Waals surface area contributed by atoms with Gasteiger partial charge in [-0.25, -0.2) is 0 Å². The first-order valence-corrected chi connectivity index (χ1v) is 7.77. The van der Waals surface area contributed by atoms with Crippen LogP contribution in [0.2, 0.25) is 0 Å². The Morgan fingerprint density at radius 3 is 2.09 bits per heavy atom. The summed E-state index contributed by atoms with van der Waals surface area (Å²) in [6.45, 7) is 2.14. The van der Waals surface area contributed by atoms with Crippen molar-refractivity contribution in [1.29, 1.82) is 0 Å². The van der Waals surface area contributed by atoms with E-state index in [0.29, 0.717) is 19.6 Å². The molecule has 9 nitrogen and oxygen atoms in total. The van der Waals surface area contributed by atoms with E-state index >= 15 is 0 Å². The second-order valence-corrected chi connectivity index (χ2v) is 5.47. The minimum Gasteiger partial charge on any atom is -0.394 e. The second kappa shape index (κ2) is 10.5. The Morgan fingerprint density at radius 1 is 0.957 bits per heavy atom. The molecule has 2 saturated heterocycles. The maximum atomic E-state index is 9.36. The van der Waals surface area contributed by atoms with E-state index in [-0.39, 0.29) is 19.6 Å². The number of ether oxygens (including phenoxy) is 3. The van der Waals surface area contributed by atoms with Crippen molar-refractivity contribution in [3.05, 3.63) is 0 Å². The fraction of sp³-hybridized carbons (Fsp3) is 1.00. The monoisotopic (exact) mass is 340 g/mol. The first-order chi connectivity index (χ1) is 10.9. The Kier molecular flexibility index (Phi) is 9.44. The van der Waals surface area contributed by atoms with E-state index in [1.54, 1.807) is 0 Å². The maximum Gasteiger partial charge on any atom is 0.160 e. The zero-order valence-electron chi connectivity index (χ0n) is 13.2. The van der Waals surface area contributed by atoms with Gasteiger partial charge in [0.2, 0.25) is 0 Å². The van der Waals surface area contributed by atoms with Gasteiger partial charge in [0.1, 0.15) is 24.4 Å². The molecule has 2 aliphatic heterocycles. The fourth-order valence-corrected chi connectivity index (χ4v) is 2.38. The van der Waals surface area contributed by atoms with Gasteiger partial charge in [-0.05, 0) is 13.3 Å². The molecule has 6 N–H and O–H groups in total. The van der Waals surface area contributed by atoms with Crippen molar-refractivity contribution in [3.8, 4) is 0 Å². The largest absolute Gasteiger partial charge is 0.394 e. The van der Waals surface area contributed by atoms with Crippen molar-refractivity contribution in [1.82, 2.24) is 0 Å². The number of hydrogen-bond acceptors (Lipinski definition) is 9. The van der Waals surface area contributed by atoms with E-state index in [0.717, 1.165) is 0 Å². The van der Waals surface area contributed by atoms with Crippen LogP contribution >= 0.6 is 0 Å². The third-order valence-electron chi connectivity index (χ3n) is 3.77. The average Bonchev–Trinajstić information content (AvgIpc) is 2.54. The van der Waals surface area contributed by atoms with Crippen LogP contribution < -0.4 is 0 Å². The van der Waals surface area contributed by atoms with Crippen LogP contribution in [0.25, 0.3) is 0 Å². The minimum absolute atomic E-state index is 0.238. The molecule has 138 valence electrons. The number of aliphatic hydroxyl groups is 6. The molecular weight excluding hydrogens is 312 g/mol. The van der Waals surface area contributed by atoms with E-state index < -0.39 is 42.9 Å². The van der Waals surface area contributed by atoms with Gasteiger partial charge in [0.05, 0.1) is 25.4 Å². The Labute approximate surface area is 135 Å². The molecule has 2 fully saturated rings. The Hall–Kier alpha value is -0.360. The molecule has 0 aromatic heterocycles. The predicted molar refractivity (Wildman–Crippen MR) is 77.5 cm³/mol. The summed E-state index contributed by atoms with van der Waals surface area (Å²) in [6, 6.07) is 0. The Morgan fingerprint density at radius 2 is 1.57 bits per heavy atom. The van der Waals surface area contributed by atoms with Crippen molar-refractivity contribution >= 4 is 0 Å². The van der Waals surface area contributed by atoms with Crippen molar-refractivity contribution in [2.75, 3.05) is 26.4 Å². The zero-order chi connectivity index (χ0) is 17.4. The summed E-state index contributed by atoms with van der Waals surface area (Å²) in [5.74, 6) is 0. The third-order valence-corrected chi connectivity index (χ3v) is 3.77. The summed E-state index contributed by atoms with van der Waals surface area (Å²) in [5, 5.41) is 54.2. The lowest BCUT2D eigenvalue weighted by atomic mass is 10.0. The summed E-state index contributed by atoms with van der Waals surface area (Å²) >= 11 is 0. The predicted octanol–water partition coefficient (Wildman–Crippen LogP) is -2.66. The highest BCUT2D eigenvalue weighted by atomic mass is 16.7. The molecule has 0 aromatic carbocycles. The lowest BCUT2D eigenvalue weighted by Crippen LogP contribution is -2.50.